The largest absolute Gasteiger partial charge is 0.450 e. The van der Waals surface area contributed by atoms with Gasteiger partial charge in [-0.15, -0.1) is 0 Å². The highest BCUT2D eigenvalue weighted by Gasteiger charge is 2.32. The minimum atomic E-state index is -0.272. The van der Waals surface area contributed by atoms with E-state index in [4.69, 9.17) is 4.74 Å². The van der Waals surface area contributed by atoms with Crippen molar-refractivity contribution in [2.75, 3.05) is 45.9 Å². The number of hydrogen-bond donors (Lipinski definition) is 0. The Bertz CT molecular complexity index is 656. The van der Waals surface area contributed by atoms with Crippen LogP contribution in [0.1, 0.15) is 30.9 Å². The highest BCUT2D eigenvalue weighted by Crippen LogP contribution is 2.22. The van der Waals surface area contributed by atoms with Crippen LogP contribution in [-0.2, 0) is 16.1 Å². The predicted molar refractivity (Wildman–Crippen MR) is 104 cm³/mol. The lowest BCUT2D eigenvalue weighted by molar-refractivity contribution is -0.139. The van der Waals surface area contributed by atoms with Crippen molar-refractivity contribution in [3.05, 3.63) is 35.4 Å². The fraction of sp³-hybridized carbons (Fsp3) is 0.619. The van der Waals surface area contributed by atoms with Crippen molar-refractivity contribution in [3.8, 4) is 0 Å². The first-order valence-corrected chi connectivity index (χ1v) is 10.0. The quantitative estimate of drug-likeness (QED) is 0.814. The molecule has 148 valence electrons. The van der Waals surface area contributed by atoms with Crippen molar-refractivity contribution in [3.63, 3.8) is 0 Å². The minimum absolute atomic E-state index is 0.0673. The van der Waals surface area contributed by atoms with E-state index in [0.29, 0.717) is 32.8 Å². The van der Waals surface area contributed by atoms with Crippen LogP contribution in [0.5, 0.6) is 0 Å². The number of ether oxygens (including phenoxy) is 1. The normalized spacial score (nSPS) is 21.2. The molecular weight excluding hydrogens is 342 g/mol. The molecule has 0 aliphatic carbocycles. The molecule has 6 nitrogen and oxygen atoms in total. The fourth-order valence-corrected chi connectivity index (χ4v) is 4.05. The van der Waals surface area contributed by atoms with Crippen LogP contribution in [0.3, 0.4) is 0 Å². The third kappa shape index (κ3) is 5.22. The van der Waals surface area contributed by atoms with Crippen molar-refractivity contribution >= 4 is 12.0 Å². The zero-order valence-electron chi connectivity index (χ0n) is 16.5. The molecule has 0 saturated carbocycles. The van der Waals surface area contributed by atoms with Gasteiger partial charge in [0.1, 0.15) is 0 Å². The Morgan fingerprint density at radius 1 is 1.11 bits per heavy atom. The van der Waals surface area contributed by atoms with E-state index in [-0.39, 0.29) is 17.9 Å². The molecule has 2 aliphatic heterocycles. The van der Waals surface area contributed by atoms with Crippen molar-refractivity contribution < 1.29 is 14.3 Å². The molecule has 6 heteroatoms. The summed E-state index contributed by atoms with van der Waals surface area (Å²) in [5, 5.41) is 0. The zero-order chi connectivity index (χ0) is 19.2. The molecule has 0 aromatic heterocycles. The second-order valence-electron chi connectivity index (χ2n) is 7.57. The molecule has 2 aliphatic rings. The monoisotopic (exact) mass is 373 g/mol. The summed E-state index contributed by atoms with van der Waals surface area (Å²) in [6.45, 7) is 9.41. The maximum absolute atomic E-state index is 13.0. The highest BCUT2D eigenvalue weighted by molar-refractivity contribution is 5.79. The predicted octanol–water partition coefficient (Wildman–Crippen LogP) is 2.51. The van der Waals surface area contributed by atoms with Crippen LogP contribution in [0, 0.1) is 12.8 Å². The number of piperidine rings is 1. The summed E-state index contributed by atoms with van der Waals surface area (Å²) in [7, 11) is 0. The lowest BCUT2D eigenvalue weighted by Crippen LogP contribution is -2.53. The summed E-state index contributed by atoms with van der Waals surface area (Å²) in [6.07, 6.45) is 1.75. The van der Waals surface area contributed by atoms with Gasteiger partial charge in [-0.05, 0) is 38.8 Å². The maximum Gasteiger partial charge on any atom is 0.409 e. The average Bonchev–Trinajstić information content (AvgIpc) is 2.68. The van der Waals surface area contributed by atoms with Gasteiger partial charge in [0.15, 0.2) is 0 Å². The van der Waals surface area contributed by atoms with Crippen LogP contribution in [0.2, 0.25) is 0 Å². The number of benzene rings is 1. The topological polar surface area (TPSA) is 53.1 Å². The molecule has 2 heterocycles. The van der Waals surface area contributed by atoms with E-state index < -0.39 is 0 Å². The van der Waals surface area contributed by atoms with Gasteiger partial charge < -0.3 is 14.5 Å². The van der Waals surface area contributed by atoms with Crippen LogP contribution in [0.4, 0.5) is 4.79 Å². The Morgan fingerprint density at radius 2 is 1.85 bits per heavy atom. The molecule has 1 aromatic rings. The Hall–Kier alpha value is -2.08. The third-order valence-corrected chi connectivity index (χ3v) is 5.46. The van der Waals surface area contributed by atoms with Crippen LogP contribution in [0.25, 0.3) is 0 Å². The number of piperazine rings is 1. The summed E-state index contributed by atoms with van der Waals surface area (Å²) >= 11 is 0. The second kappa shape index (κ2) is 9.22. The molecule has 1 atom stereocenters. The van der Waals surface area contributed by atoms with E-state index in [0.717, 1.165) is 32.5 Å². The maximum atomic E-state index is 13.0. The number of carbonyl (C=O) groups excluding carboxylic acids is 2. The van der Waals surface area contributed by atoms with Crippen LogP contribution >= 0.6 is 0 Å². The number of carbonyl (C=O) groups is 2. The van der Waals surface area contributed by atoms with Crippen LogP contribution in [-0.4, -0.2) is 72.6 Å². The molecule has 2 amide bonds. The Kier molecular flexibility index (Phi) is 6.72. The number of hydrogen-bond acceptors (Lipinski definition) is 4. The third-order valence-electron chi connectivity index (χ3n) is 5.46. The first kappa shape index (κ1) is 19.7. The summed E-state index contributed by atoms with van der Waals surface area (Å²) < 4.78 is 5.05. The van der Waals surface area contributed by atoms with Crippen LogP contribution < -0.4 is 0 Å². The number of aryl methyl sites for hydroxylation is 1. The molecule has 1 aromatic carbocycles. The van der Waals surface area contributed by atoms with Gasteiger partial charge in [-0.3, -0.25) is 9.69 Å². The molecule has 27 heavy (non-hydrogen) atoms. The number of amides is 2. The molecule has 0 bridgehead atoms. The summed E-state index contributed by atoms with van der Waals surface area (Å²) in [6, 6.07) is 8.59. The second-order valence-corrected chi connectivity index (χ2v) is 7.57. The van der Waals surface area contributed by atoms with Gasteiger partial charge in [-0.1, -0.05) is 29.8 Å². The SMILES string of the molecule is CCOC(=O)N1CCN(C(=O)C2CCCN(Cc3cccc(C)c3)C2)CC1. The van der Waals surface area contributed by atoms with Gasteiger partial charge >= 0.3 is 6.09 Å². The van der Waals surface area contributed by atoms with E-state index >= 15 is 0 Å². The molecule has 0 N–H and O–H groups in total. The van der Waals surface area contributed by atoms with Crippen molar-refractivity contribution in [1.82, 2.24) is 14.7 Å². The Morgan fingerprint density at radius 3 is 2.56 bits per heavy atom. The smallest absolute Gasteiger partial charge is 0.409 e. The van der Waals surface area contributed by atoms with E-state index in [9.17, 15) is 9.59 Å². The Labute approximate surface area is 162 Å². The van der Waals surface area contributed by atoms with Gasteiger partial charge in [0, 0.05) is 39.3 Å². The van der Waals surface area contributed by atoms with Crippen LogP contribution in [0.15, 0.2) is 24.3 Å². The Balaban J connectivity index is 1.51. The minimum Gasteiger partial charge on any atom is -0.450 e. The first-order valence-electron chi connectivity index (χ1n) is 10.0. The zero-order valence-corrected chi connectivity index (χ0v) is 16.5. The van der Waals surface area contributed by atoms with E-state index in [2.05, 4.69) is 36.1 Å². The molecule has 0 spiro atoms. The lowest BCUT2D eigenvalue weighted by Gasteiger charge is -2.38. The molecule has 0 radical (unpaired) electrons. The average molecular weight is 373 g/mol. The molecule has 2 saturated heterocycles. The number of likely N-dealkylation sites (tertiary alicyclic amines) is 1. The summed E-state index contributed by atoms with van der Waals surface area (Å²) in [4.78, 5) is 30.8. The molecule has 3 rings (SSSR count). The van der Waals surface area contributed by atoms with E-state index in [1.807, 2.05) is 11.8 Å². The van der Waals surface area contributed by atoms with E-state index in [1.165, 1.54) is 11.1 Å². The van der Waals surface area contributed by atoms with Gasteiger partial charge in [-0.25, -0.2) is 4.79 Å². The van der Waals surface area contributed by atoms with Gasteiger partial charge in [0.05, 0.1) is 12.5 Å². The first-order chi connectivity index (χ1) is 13.1. The fourth-order valence-electron chi connectivity index (χ4n) is 4.05. The number of nitrogens with zero attached hydrogens (tertiary/aromatic N) is 3. The molecule has 2 fully saturated rings. The van der Waals surface area contributed by atoms with Crippen molar-refractivity contribution in [2.24, 2.45) is 5.92 Å². The van der Waals surface area contributed by atoms with Gasteiger partial charge in [0.25, 0.3) is 0 Å². The summed E-state index contributed by atoms with van der Waals surface area (Å²) in [5.74, 6) is 0.310. The standard InChI is InChI=1S/C21H31N3O3/c1-3-27-21(26)24-12-10-23(11-13-24)20(25)19-8-5-9-22(16-19)15-18-7-4-6-17(2)14-18/h4,6-7,14,19H,3,5,8-13,15-16H2,1-2H3. The molecule has 1 unspecified atom stereocenters. The van der Waals surface area contributed by atoms with Crippen molar-refractivity contribution in [2.45, 2.75) is 33.2 Å². The van der Waals surface area contributed by atoms with Gasteiger partial charge in [-0.2, -0.15) is 0 Å². The van der Waals surface area contributed by atoms with Crippen molar-refractivity contribution in [1.29, 1.82) is 0 Å². The summed E-state index contributed by atoms with van der Waals surface area (Å²) in [5.41, 5.74) is 2.59. The lowest BCUT2D eigenvalue weighted by atomic mass is 9.95. The highest BCUT2D eigenvalue weighted by atomic mass is 16.6. The van der Waals surface area contributed by atoms with E-state index in [1.54, 1.807) is 4.90 Å². The number of rotatable bonds is 4. The molecular formula is C21H31N3O3. The van der Waals surface area contributed by atoms with Gasteiger partial charge in [0.2, 0.25) is 5.91 Å².